The lowest BCUT2D eigenvalue weighted by Crippen LogP contribution is -2.32. The summed E-state index contributed by atoms with van der Waals surface area (Å²) in [5.74, 6) is 0. The van der Waals surface area contributed by atoms with Gasteiger partial charge in [0.25, 0.3) is 0 Å². The zero-order chi connectivity index (χ0) is 11.7. The fraction of sp³-hybridized carbons (Fsp3) is 0.500. The quantitative estimate of drug-likeness (QED) is 0.668. The van der Waals surface area contributed by atoms with Crippen LogP contribution < -0.4 is 0 Å². The summed E-state index contributed by atoms with van der Waals surface area (Å²) in [5.41, 5.74) is 0.657. The van der Waals surface area contributed by atoms with Crippen molar-refractivity contribution in [1.29, 1.82) is 0 Å². The summed E-state index contributed by atoms with van der Waals surface area (Å²) in [5, 5.41) is 28.4. The van der Waals surface area contributed by atoms with Crippen molar-refractivity contribution in [2.75, 3.05) is 6.61 Å². The summed E-state index contributed by atoms with van der Waals surface area (Å²) in [6.45, 7) is -0.327. The summed E-state index contributed by atoms with van der Waals surface area (Å²) >= 11 is 3.25. The van der Waals surface area contributed by atoms with Gasteiger partial charge in [0.05, 0.1) is 6.61 Å². The fourth-order valence-corrected chi connectivity index (χ4v) is 2.24. The van der Waals surface area contributed by atoms with Crippen molar-refractivity contribution in [2.45, 2.75) is 24.4 Å². The molecule has 16 heavy (non-hydrogen) atoms. The molecule has 0 amide bonds. The van der Waals surface area contributed by atoms with E-state index in [0.717, 1.165) is 0 Å². The minimum atomic E-state index is -1.08. The third-order valence-electron chi connectivity index (χ3n) is 2.64. The zero-order valence-corrected chi connectivity index (χ0v) is 9.91. The summed E-state index contributed by atoms with van der Waals surface area (Å²) in [7, 11) is 0. The van der Waals surface area contributed by atoms with Crippen molar-refractivity contribution >= 4 is 15.9 Å². The second-order valence-corrected chi connectivity index (χ2v) is 4.39. The summed E-state index contributed by atoms with van der Waals surface area (Å²) in [6.07, 6.45) is -1.96. The molecule has 1 aliphatic rings. The van der Waals surface area contributed by atoms with Gasteiger partial charge in [-0.2, -0.15) is 0 Å². The molecular formula is C10H12BrNO4. The highest BCUT2D eigenvalue weighted by molar-refractivity contribution is 9.10. The Morgan fingerprint density at radius 2 is 2.12 bits per heavy atom. The van der Waals surface area contributed by atoms with E-state index in [0.29, 0.717) is 10.2 Å². The van der Waals surface area contributed by atoms with E-state index in [4.69, 9.17) is 9.84 Å². The van der Waals surface area contributed by atoms with Gasteiger partial charge in [-0.3, -0.25) is 0 Å². The van der Waals surface area contributed by atoms with Crippen LogP contribution in [0.3, 0.4) is 0 Å². The first-order chi connectivity index (χ1) is 7.65. The Morgan fingerprint density at radius 3 is 2.69 bits per heavy atom. The first-order valence-electron chi connectivity index (χ1n) is 4.88. The van der Waals surface area contributed by atoms with Crippen LogP contribution in [0.15, 0.2) is 22.9 Å². The molecule has 0 saturated carbocycles. The third kappa shape index (κ3) is 1.99. The maximum atomic E-state index is 9.80. The van der Waals surface area contributed by atoms with Gasteiger partial charge in [-0.05, 0) is 22.0 Å². The first kappa shape index (κ1) is 11.9. The van der Waals surface area contributed by atoms with E-state index in [-0.39, 0.29) is 6.61 Å². The number of pyridine rings is 1. The Labute approximate surface area is 101 Å². The van der Waals surface area contributed by atoms with Crippen molar-refractivity contribution in [1.82, 2.24) is 4.98 Å². The molecule has 0 radical (unpaired) electrons. The van der Waals surface area contributed by atoms with Gasteiger partial charge in [0.2, 0.25) is 0 Å². The lowest BCUT2D eigenvalue weighted by atomic mass is 10.0. The number of aliphatic hydroxyl groups is 3. The SMILES string of the molecule is OC[C@H]1O[C@H](c2cccnc2Br)[C@H](O)[C@@H]1O. The van der Waals surface area contributed by atoms with Gasteiger partial charge in [0.1, 0.15) is 29.0 Å². The standard InChI is InChI=1S/C10H12BrNO4/c11-10-5(2-1-3-12-10)9-8(15)7(14)6(4-13)16-9/h1-3,6-9,13-15H,4H2/t6-,7-,8-,9-/m1/s1. The largest absolute Gasteiger partial charge is 0.394 e. The molecule has 5 nitrogen and oxygen atoms in total. The van der Waals surface area contributed by atoms with Gasteiger partial charge in [0, 0.05) is 11.8 Å². The molecular weight excluding hydrogens is 278 g/mol. The van der Waals surface area contributed by atoms with Crippen molar-refractivity contribution in [3.8, 4) is 0 Å². The number of nitrogens with zero attached hydrogens (tertiary/aromatic N) is 1. The molecule has 1 saturated heterocycles. The van der Waals surface area contributed by atoms with Crippen LogP contribution in [-0.4, -0.2) is 45.2 Å². The van der Waals surface area contributed by atoms with E-state index < -0.39 is 24.4 Å². The predicted octanol–water partition coefficient (Wildman–Crippen LogP) is -0.00190. The van der Waals surface area contributed by atoms with Crippen LogP contribution in [0.25, 0.3) is 0 Å². The van der Waals surface area contributed by atoms with Crippen LogP contribution in [0, 0.1) is 0 Å². The normalized spacial score (nSPS) is 34.2. The van der Waals surface area contributed by atoms with Gasteiger partial charge in [0.15, 0.2) is 0 Å². The van der Waals surface area contributed by atoms with Crippen LogP contribution in [0.5, 0.6) is 0 Å². The van der Waals surface area contributed by atoms with E-state index in [2.05, 4.69) is 20.9 Å². The maximum Gasteiger partial charge on any atom is 0.114 e. The van der Waals surface area contributed by atoms with E-state index >= 15 is 0 Å². The molecule has 1 fully saturated rings. The number of aromatic nitrogens is 1. The van der Waals surface area contributed by atoms with Crippen LogP contribution in [-0.2, 0) is 4.74 Å². The summed E-state index contributed by atoms with van der Waals surface area (Å²) in [6, 6.07) is 3.46. The number of aliphatic hydroxyl groups excluding tert-OH is 3. The van der Waals surface area contributed by atoms with Crippen LogP contribution in [0.1, 0.15) is 11.7 Å². The minimum Gasteiger partial charge on any atom is -0.394 e. The summed E-state index contributed by atoms with van der Waals surface area (Å²) in [4.78, 5) is 4.02. The molecule has 2 rings (SSSR count). The van der Waals surface area contributed by atoms with Crippen LogP contribution >= 0.6 is 15.9 Å². The highest BCUT2D eigenvalue weighted by Gasteiger charge is 2.43. The molecule has 0 spiro atoms. The van der Waals surface area contributed by atoms with Gasteiger partial charge < -0.3 is 20.1 Å². The number of hydrogen-bond donors (Lipinski definition) is 3. The Hall–Kier alpha value is -0.530. The van der Waals surface area contributed by atoms with Crippen LogP contribution in [0.2, 0.25) is 0 Å². The number of halogens is 1. The molecule has 3 N–H and O–H groups in total. The number of ether oxygens (including phenoxy) is 1. The fourth-order valence-electron chi connectivity index (χ4n) is 1.77. The number of hydrogen-bond acceptors (Lipinski definition) is 5. The van der Waals surface area contributed by atoms with Crippen LogP contribution in [0.4, 0.5) is 0 Å². The molecule has 4 atom stereocenters. The highest BCUT2D eigenvalue weighted by atomic mass is 79.9. The van der Waals surface area contributed by atoms with E-state index in [9.17, 15) is 10.2 Å². The van der Waals surface area contributed by atoms with Crippen molar-refractivity contribution < 1.29 is 20.1 Å². The molecule has 88 valence electrons. The van der Waals surface area contributed by atoms with Gasteiger partial charge in [-0.25, -0.2) is 4.98 Å². The van der Waals surface area contributed by atoms with E-state index in [1.54, 1.807) is 18.3 Å². The predicted molar refractivity (Wildman–Crippen MR) is 58.7 cm³/mol. The Morgan fingerprint density at radius 1 is 1.38 bits per heavy atom. The second-order valence-electron chi connectivity index (χ2n) is 3.64. The first-order valence-corrected chi connectivity index (χ1v) is 5.67. The molecule has 0 aromatic carbocycles. The third-order valence-corrected chi connectivity index (χ3v) is 3.30. The average Bonchev–Trinajstić information content (AvgIpc) is 2.57. The van der Waals surface area contributed by atoms with E-state index in [1.165, 1.54) is 0 Å². The molecule has 1 aromatic heterocycles. The Balaban J connectivity index is 2.26. The smallest absolute Gasteiger partial charge is 0.114 e. The molecule has 0 bridgehead atoms. The van der Waals surface area contributed by atoms with Gasteiger partial charge in [-0.15, -0.1) is 0 Å². The zero-order valence-electron chi connectivity index (χ0n) is 8.32. The second kappa shape index (κ2) is 4.77. The average molecular weight is 290 g/mol. The molecule has 1 aromatic rings. The van der Waals surface area contributed by atoms with Crippen molar-refractivity contribution in [3.63, 3.8) is 0 Å². The molecule has 0 unspecified atom stereocenters. The topological polar surface area (TPSA) is 82.8 Å². The molecule has 1 aliphatic heterocycles. The molecule has 6 heteroatoms. The lowest BCUT2D eigenvalue weighted by Gasteiger charge is -2.15. The summed E-state index contributed by atoms with van der Waals surface area (Å²) < 4.78 is 5.94. The maximum absolute atomic E-state index is 9.80. The van der Waals surface area contributed by atoms with Gasteiger partial charge >= 0.3 is 0 Å². The highest BCUT2D eigenvalue weighted by Crippen LogP contribution is 2.35. The minimum absolute atomic E-state index is 0.327. The lowest BCUT2D eigenvalue weighted by molar-refractivity contribution is -0.0230. The Bertz CT molecular complexity index is 376. The molecule has 2 heterocycles. The Kier molecular flexibility index (Phi) is 3.56. The number of rotatable bonds is 2. The van der Waals surface area contributed by atoms with Crippen molar-refractivity contribution in [3.05, 3.63) is 28.5 Å². The molecule has 0 aliphatic carbocycles. The van der Waals surface area contributed by atoms with Gasteiger partial charge in [-0.1, -0.05) is 6.07 Å². The monoisotopic (exact) mass is 289 g/mol. The van der Waals surface area contributed by atoms with E-state index in [1.807, 2.05) is 0 Å². The van der Waals surface area contributed by atoms with Crippen molar-refractivity contribution in [2.24, 2.45) is 0 Å².